The summed E-state index contributed by atoms with van der Waals surface area (Å²) in [6, 6.07) is 3.91. The number of ether oxygens (including phenoxy) is 1. The van der Waals surface area contributed by atoms with Crippen LogP contribution in [0, 0.1) is 11.7 Å². The van der Waals surface area contributed by atoms with E-state index >= 15 is 0 Å². The molecule has 0 radical (unpaired) electrons. The smallest absolute Gasteiger partial charge is 0.228 e. The topological polar surface area (TPSA) is 64.3 Å². The van der Waals surface area contributed by atoms with Crippen LogP contribution >= 0.6 is 0 Å². The standard InChI is InChI=1S/C12H17FN2O2/c1-7(8(2)14)12(16)15-9-4-5-10(13)11(6-9)17-3/h4-8H,14H2,1-3H3,(H,15,16). The molecule has 0 bridgehead atoms. The van der Waals surface area contributed by atoms with Gasteiger partial charge in [0.05, 0.1) is 13.0 Å². The van der Waals surface area contributed by atoms with E-state index < -0.39 is 5.82 Å². The minimum atomic E-state index is -0.467. The highest BCUT2D eigenvalue weighted by molar-refractivity contribution is 5.92. The zero-order chi connectivity index (χ0) is 13.0. The lowest BCUT2D eigenvalue weighted by molar-refractivity contribution is -0.119. The number of carbonyl (C=O) groups excluding carboxylic acids is 1. The second kappa shape index (κ2) is 5.63. The molecular weight excluding hydrogens is 223 g/mol. The van der Waals surface area contributed by atoms with E-state index in [0.717, 1.165) is 0 Å². The highest BCUT2D eigenvalue weighted by Gasteiger charge is 2.17. The van der Waals surface area contributed by atoms with Crippen molar-refractivity contribution in [2.24, 2.45) is 11.7 Å². The Morgan fingerprint density at radius 1 is 1.47 bits per heavy atom. The van der Waals surface area contributed by atoms with Crippen molar-refractivity contribution < 1.29 is 13.9 Å². The van der Waals surface area contributed by atoms with Gasteiger partial charge in [0.2, 0.25) is 5.91 Å². The molecule has 0 saturated carbocycles. The third kappa shape index (κ3) is 3.42. The fourth-order valence-corrected chi connectivity index (χ4v) is 1.23. The van der Waals surface area contributed by atoms with E-state index in [0.29, 0.717) is 5.69 Å². The fraction of sp³-hybridized carbons (Fsp3) is 0.417. The van der Waals surface area contributed by atoms with Gasteiger partial charge in [0.1, 0.15) is 0 Å². The number of nitrogens with one attached hydrogen (secondary N) is 1. The molecule has 0 fully saturated rings. The first-order valence-electron chi connectivity index (χ1n) is 5.35. The molecule has 4 nitrogen and oxygen atoms in total. The SMILES string of the molecule is COc1cc(NC(=O)C(C)C(C)N)ccc1F. The van der Waals surface area contributed by atoms with Crippen LogP contribution in [0.25, 0.3) is 0 Å². The van der Waals surface area contributed by atoms with Crippen LogP contribution in [-0.4, -0.2) is 19.1 Å². The molecule has 0 spiro atoms. The number of anilines is 1. The van der Waals surface area contributed by atoms with Crippen LogP contribution < -0.4 is 15.8 Å². The number of rotatable bonds is 4. The molecule has 3 N–H and O–H groups in total. The van der Waals surface area contributed by atoms with Gasteiger partial charge in [0.25, 0.3) is 0 Å². The zero-order valence-electron chi connectivity index (χ0n) is 10.2. The molecule has 0 heterocycles. The summed E-state index contributed by atoms with van der Waals surface area (Å²) in [6.45, 7) is 3.50. The predicted octanol–water partition coefficient (Wildman–Crippen LogP) is 1.76. The average molecular weight is 240 g/mol. The van der Waals surface area contributed by atoms with Gasteiger partial charge >= 0.3 is 0 Å². The molecule has 17 heavy (non-hydrogen) atoms. The maximum Gasteiger partial charge on any atom is 0.228 e. The molecule has 0 aliphatic rings. The Hall–Kier alpha value is -1.62. The van der Waals surface area contributed by atoms with Gasteiger partial charge in [-0.25, -0.2) is 4.39 Å². The Labute approximate surface area is 100.0 Å². The monoisotopic (exact) mass is 240 g/mol. The molecule has 2 unspecified atom stereocenters. The molecule has 0 saturated heterocycles. The summed E-state index contributed by atoms with van der Waals surface area (Å²) in [5, 5.41) is 2.66. The molecule has 0 aromatic heterocycles. The van der Waals surface area contributed by atoms with Crippen molar-refractivity contribution in [3.05, 3.63) is 24.0 Å². The normalized spacial score (nSPS) is 13.9. The first-order valence-corrected chi connectivity index (χ1v) is 5.35. The van der Waals surface area contributed by atoms with E-state index in [1.165, 1.54) is 25.3 Å². The summed E-state index contributed by atoms with van der Waals surface area (Å²) in [7, 11) is 1.37. The Bertz CT molecular complexity index is 407. The van der Waals surface area contributed by atoms with Crippen molar-refractivity contribution in [1.29, 1.82) is 0 Å². The summed E-state index contributed by atoms with van der Waals surface area (Å²) in [5.41, 5.74) is 6.11. The predicted molar refractivity (Wildman–Crippen MR) is 64.4 cm³/mol. The molecule has 0 aliphatic carbocycles. The van der Waals surface area contributed by atoms with Gasteiger partial charge in [0, 0.05) is 17.8 Å². The molecule has 5 heteroatoms. The molecule has 2 atom stereocenters. The van der Waals surface area contributed by atoms with Crippen molar-refractivity contribution in [3.63, 3.8) is 0 Å². The van der Waals surface area contributed by atoms with Crippen LogP contribution in [0.5, 0.6) is 5.75 Å². The van der Waals surface area contributed by atoms with E-state index in [1.807, 2.05) is 0 Å². The third-order valence-electron chi connectivity index (χ3n) is 2.62. The lowest BCUT2D eigenvalue weighted by Gasteiger charge is -2.15. The minimum Gasteiger partial charge on any atom is -0.494 e. The molecule has 94 valence electrons. The van der Waals surface area contributed by atoms with Gasteiger partial charge in [-0.05, 0) is 19.1 Å². The molecule has 0 aliphatic heterocycles. The maximum absolute atomic E-state index is 13.1. The Kier molecular flexibility index (Phi) is 4.45. The first-order chi connectivity index (χ1) is 7.95. The van der Waals surface area contributed by atoms with Crippen LogP contribution in [0.15, 0.2) is 18.2 Å². The quantitative estimate of drug-likeness (QED) is 0.842. The van der Waals surface area contributed by atoms with Crippen molar-refractivity contribution in [2.75, 3.05) is 12.4 Å². The number of carbonyl (C=O) groups is 1. The Balaban J connectivity index is 2.78. The summed E-state index contributed by atoms with van der Waals surface area (Å²) in [6.07, 6.45) is 0. The summed E-state index contributed by atoms with van der Waals surface area (Å²) < 4.78 is 18.0. The van der Waals surface area contributed by atoms with Crippen LogP contribution in [0.3, 0.4) is 0 Å². The number of methoxy groups -OCH3 is 1. The first kappa shape index (κ1) is 13.4. The van der Waals surface area contributed by atoms with Gasteiger partial charge in [-0.15, -0.1) is 0 Å². The minimum absolute atomic E-state index is 0.0938. The van der Waals surface area contributed by atoms with E-state index in [2.05, 4.69) is 5.32 Å². The summed E-state index contributed by atoms with van der Waals surface area (Å²) in [4.78, 5) is 11.7. The van der Waals surface area contributed by atoms with E-state index in [4.69, 9.17) is 10.5 Å². The van der Waals surface area contributed by atoms with Crippen molar-refractivity contribution in [1.82, 2.24) is 0 Å². The highest BCUT2D eigenvalue weighted by Crippen LogP contribution is 2.21. The molecule has 1 rings (SSSR count). The summed E-state index contributed by atoms with van der Waals surface area (Å²) in [5.74, 6) is -0.887. The molecule has 1 amide bonds. The van der Waals surface area contributed by atoms with Gasteiger partial charge < -0.3 is 15.8 Å². The van der Waals surface area contributed by atoms with Crippen LogP contribution in [-0.2, 0) is 4.79 Å². The fourth-order valence-electron chi connectivity index (χ4n) is 1.23. The van der Waals surface area contributed by atoms with Gasteiger partial charge in [-0.3, -0.25) is 4.79 Å². The lowest BCUT2D eigenvalue weighted by atomic mass is 10.0. The van der Waals surface area contributed by atoms with Crippen LogP contribution in [0.1, 0.15) is 13.8 Å². The number of nitrogens with two attached hydrogens (primary N) is 1. The molecule has 1 aromatic rings. The maximum atomic E-state index is 13.1. The zero-order valence-corrected chi connectivity index (χ0v) is 10.2. The van der Waals surface area contributed by atoms with Gasteiger partial charge in [-0.2, -0.15) is 0 Å². The van der Waals surface area contributed by atoms with Crippen LogP contribution in [0.4, 0.5) is 10.1 Å². The molecule has 1 aromatic carbocycles. The largest absolute Gasteiger partial charge is 0.494 e. The van der Waals surface area contributed by atoms with E-state index in [1.54, 1.807) is 13.8 Å². The number of hydrogen-bond acceptors (Lipinski definition) is 3. The van der Waals surface area contributed by atoms with Crippen LogP contribution in [0.2, 0.25) is 0 Å². The highest BCUT2D eigenvalue weighted by atomic mass is 19.1. The lowest BCUT2D eigenvalue weighted by Crippen LogP contribution is -2.34. The van der Waals surface area contributed by atoms with Crippen molar-refractivity contribution in [3.8, 4) is 5.75 Å². The molecular formula is C12H17FN2O2. The van der Waals surface area contributed by atoms with Crippen molar-refractivity contribution in [2.45, 2.75) is 19.9 Å². The Morgan fingerprint density at radius 3 is 2.65 bits per heavy atom. The van der Waals surface area contributed by atoms with E-state index in [9.17, 15) is 9.18 Å². The third-order valence-corrected chi connectivity index (χ3v) is 2.62. The van der Waals surface area contributed by atoms with Gasteiger partial charge in [-0.1, -0.05) is 6.92 Å². The number of halogens is 1. The van der Waals surface area contributed by atoms with Crippen molar-refractivity contribution >= 4 is 11.6 Å². The summed E-state index contributed by atoms with van der Waals surface area (Å²) >= 11 is 0. The Morgan fingerprint density at radius 2 is 2.12 bits per heavy atom. The second-order valence-electron chi connectivity index (χ2n) is 3.99. The number of benzene rings is 1. The average Bonchev–Trinajstić information content (AvgIpc) is 2.30. The second-order valence-corrected chi connectivity index (χ2v) is 3.99. The number of hydrogen-bond donors (Lipinski definition) is 2. The van der Waals surface area contributed by atoms with E-state index in [-0.39, 0.29) is 23.6 Å². The van der Waals surface area contributed by atoms with Gasteiger partial charge in [0.15, 0.2) is 11.6 Å². The number of amides is 1.